The average Bonchev–Trinajstić information content (AvgIpc) is 3.28. The molecule has 180 valence electrons. The van der Waals surface area contributed by atoms with Crippen molar-refractivity contribution in [3.63, 3.8) is 0 Å². The fourth-order valence-corrected chi connectivity index (χ4v) is 4.81. The quantitative estimate of drug-likeness (QED) is 0.286. The minimum Gasteiger partial charge on any atom is -0.497 e. The topological polar surface area (TPSA) is 81.9 Å². The number of benzene rings is 2. The van der Waals surface area contributed by atoms with E-state index in [1.807, 2.05) is 66.9 Å². The molecule has 5 aromatic rings. The van der Waals surface area contributed by atoms with Gasteiger partial charge < -0.3 is 14.6 Å². The van der Waals surface area contributed by atoms with Gasteiger partial charge in [-0.2, -0.15) is 0 Å². The Labute approximate surface area is 213 Å². The normalized spacial score (nSPS) is 10.9. The first kappa shape index (κ1) is 23.6. The molecule has 0 saturated carbocycles. The summed E-state index contributed by atoms with van der Waals surface area (Å²) < 4.78 is 7.52. The molecule has 0 aliphatic heterocycles. The van der Waals surface area contributed by atoms with Crippen molar-refractivity contribution in [2.24, 2.45) is 0 Å². The number of rotatable bonds is 9. The van der Waals surface area contributed by atoms with Crippen LogP contribution in [0.2, 0.25) is 0 Å². The second-order valence-electron chi connectivity index (χ2n) is 8.23. The molecule has 1 amide bonds. The van der Waals surface area contributed by atoms with Gasteiger partial charge in [-0.05, 0) is 53.1 Å². The van der Waals surface area contributed by atoms with E-state index in [4.69, 9.17) is 9.72 Å². The second-order valence-corrected chi connectivity index (χ2v) is 9.17. The SMILES string of the molecule is COc1cccc(CSc2nc3ccncc3n2Cc2ccc(C(=O)NCc3cccnc3)cc2)c1. The molecule has 0 atom stereocenters. The van der Waals surface area contributed by atoms with Gasteiger partial charge in [0.25, 0.3) is 5.91 Å². The van der Waals surface area contributed by atoms with Crippen molar-refractivity contribution in [2.75, 3.05) is 7.11 Å². The van der Waals surface area contributed by atoms with Gasteiger partial charge in [-0.1, -0.05) is 42.1 Å². The zero-order chi connectivity index (χ0) is 24.7. The van der Waals surface area contributed by atoms with Crippen LogP contribution in [0.15, 0.2) is 96.7 Å². The van der Waals surface area contributed by atoms with E-state index in [9.17, 15) is 4.79 Å². The minimum absolute atomic E-state index is 0.114. The smallest absolute Gasteiger partial charge is 0.251 e. The van der Waals surface area contributed by atoms with E-state index in [1.54, 1.807) is 37.5 Å². The highest BCUT2D eigenvalue weighted by Crippen LogP contribution is 2.28. The van der Waals surface area contributed by atoms with E-state index < -0.39 is 0 Å². The van der Waals surface area contributed by atoms with E-state index in [0.717, 1.165) is 44.4 Å². The van der Waals surface area contributed by atoms with Gasteiger partial charge in [-0.15, -0.1) is 0 Å². The maximum atomic E-state index is 12.6. The Morgan fingerprint density at radius 1 is 0.944 bits per heavy atom. The third-order valence-electron chi connectivity index (χ3n) is 5.75. The first-order chi connectivity index (χ1) is 17.7. The van der Waals surface area contributed by atoms with E-state index in [2.05, 4.69) is 25.9 Å². The molecule has 5 rings (SSSR count). The average molecular weight is 496 g/mol. The Hall–Kier alpha value is -4.17. The van der Waals surface area contributed by atoms with Gasteiger partial charge in [-0.25, -0.2) is 4.98 Å². The molecular weight excluding hydrogens is 470 g/mol. The summed E-state index contributed by atoms with van der Waals surface area (Å²) >= 11 is 1.68. The maximum absolute atomic E-state index is 12.6. The predicted octanol–water partition coefficient (Wildman–Crippen LogP) is 5.11. The van der Waals surface area contributed by atoms with Crippen molar-refractivity contribution in [1.29, 1.82) is 0 Å². The lowest BCUT2D eigenvalue weighted by atomic mass is 10.1. The Morgan fingerprint density at radius 3 is 2.58 bits per heavy atom. The van der Waals surface area contributed by atoms with Gasteiger partial charge in [-0.3, -0.25) is 14.8 Å². The number of thioether (sulfide) groups is 1. The van der Waals surface area contributed by atoms with E-state index in [0.29, 0.717) is 18.7 Å². The molecule has 0 fully saturated rings. The number of methoxy groups -OCH3 is 1. The van der Waals surface area contributed by atoms with Crippen LogP contribution in [0.3, 0.4) is 0 Å². The summed E-state index contributed by atoms with van der Waals surface area (Å²) in [4.78, 5) is 25.8. The largest absolute Gasteiger partial charge is 0.497 e. The molecule has 1 N–H and O–H groups in total. The summed E-state index contributed by atoms with van der Waals surface area (Å²) in [5.74, 6) is 1.50. The lowest BCUT2D eigenvalue weighted by molar-refractivity contribution is 0.0951. The fourth-order valence-electron chi connectivity index (χ4n) is 3.85. The number of hydrogen-bond donors (Lipinski definition) is 1. The zero-order valence-electron chi connectivity index (χ0n) is 19.8. The van der Waals surface area contributed by atoms with Crippen LogP contribution in [0.4, 0.5) is 0 Å². The highest BCUT2D eigenvalue weighted by atomic mass is 32.2. The van der Waals surface area contributed by atoms with Gasteiger partial charge in [0.1, 0.15) is 5.75 Å². The van der Waals surface area contributed by atoms with Gasteiger partial charge in [0.2, 0.25) is 0 Å². The first-order valence-electron chi connectivity index (χ1n) is 11.5. The molecule has 0 saturated heterocycles. The Bertz CT molecular complexity index is 1470. The summed E-state index contributed by atoms with van der Waals surface area (Å²) in [6.07, 6.45) is 7.07. The third-order valence-corrected chi connectivity index (χ3v) is 6.80. The molecule has 0 radical (unpaired) electrons. The predicted molar refractivity (Wildman–Crippen MR) is 141 cm³/mol. The van der Waals surface area contributed by atoms with Crippen LogP contribution in [-0.4, -0.2) is 32.5 Å². The summed E-state index contributed by atoms with van der Waals surface area (Å²) in [5.41, 5.74) is 5.70. The number of imidazole rings is 1. The molecule has 3 heterocycles. The molecule has 36 heavy (non-hydrogen) atoms. The second kappa shape index (κ2) is 11.0. The van der Waals surface area contributed by atoms with Crippen LogP contribution in [0.25, 0.3) is 11.0 Å². The van der Waals surface area contributed by atoms with Gasteiger partial charge in [0, 0.05) is 36.5 Å². The first-order valence-corrected chi connectivity index (χ1v) is 12.5. The van der Waals surface area contributed by atoms with Crippen LogP contribution in [-0.2, 0) is 18.8 Å². The molecule has 0 aliphatic rings. The lowest BCUT2D eigenvalue weighted by Crippen LogP contribution is -2.22. The number of carbonyl (C=O) groups is 1. The maximum Gasteiger partial charge on any atom is 0.251 e. The number of hydrogen-bond acceptors (Lipinski definition) is 6. The van der Waals surface area contributed by atoms with Crippen molar-refractivity contribution < 1.29 is 9.53 Å². The van der Waals surface area contributed by atoms with Crippen LogP contribution >= 0.6 is 11.8 Å². The van der Waals surface area contributed by atoms with Crippen molar-refractivity contribution in [2.45, 2.75) is 24.0 Å². The molecule has 3 aromatic heterocycles. The van der Waals surface area contributed by atoms with Gasteiger partial charge >= 0.3 is 0 Å². The molecule has 0 spiro atoms. The number of nitrogens with zero attached hydrogens (tertiary/aromatic N) is 4. The van der Waals surface area contributed by atoms with Crippen molar-refractivity contribution in [3.8, 4) is 5.75 Å². The summed E-state index contributed by atoms with van der Waals surface area (Å²) in [5, 5.41) is 3.86. The van der Waals surface area contributed by atoms with Crippen LogP contribution in [0, 0.1) is 0 Å². The number of aromatic nitrogens is 4. The van der Waals surface area contributed by atoms with E-state index in [-0.39, 0.29) is 5.91 Å². The standard InChI is InChI=1S/C28H25N5O2S/c1-35-24-6-2-4-21(14-24)19-36-28-32-25-11-13-30-17-26(25)33(28)18-20-7-9-23(10-8-20)27(34)31-16-22-5-3-12-29-15-22/h2-15,17H,16,18-19H2,1H3,(H,31,34). The molecule has 0 aliphatic carbocycles. The Kier molecular flexibility index (Phi) is 7.23. The van der Waals surface area contributed by atoms with Crippen LogP contribution in [0.5, 0.6) is 5.75 Å². The Morgan fingerprint density at radius 2 is 1.78 bits per heavy atom. The number of ether oxygens (including phenoxy) is 1. The van der Waals surface area contributed by atoms with E-state index in [1.165, 1.54) is 0 Å². The summed E-state index contributed by atoms with van der Waals surface area (Å²) in [7, 11) is 1.67. The third kappa shape index (κ3) is 5.55. The molecule has 8 heteroatoms. The fraction of sp³-hybridized carbons (Fsp3) is 0.143. The molecule has 7 nitrogen and oxygen atoms in total. The number of amides is 1. The highest BCUT2D eigenvalue weighted by molar-refractivity contribution is 7.98. The lowest BCUT2D eigenvalue weighted by Gasteiger charge is -2.10. The number of carbonyl (C=O) groups excluding carboxylic acids is 1. The van der Waals surface area contributed by atoms with Crippen molar-refractivity contribution >= 4 is 28.7 Å². The van der Waals surface area contributed by atoms with Crippen LogP contribution in [0.1, 0.15) is 27.0 Å². The summed E-state index contributed by atoms with van der Waals surface area (Å²) in [6.45, 7) is 1.07. The molecule has 0 unspecified atom stereocenters. The molecule has 0 bridgehead atoms. The monoisotopic (exact) mass is 495 g/mol. The molecule has 2 aromatic carbocycles. The number of nitrogens with one attached hydrogen (secondary N) is 1. The Balaban J connectivity index is 1.31. The van der Waals surface area contributed by atoms with E-state index >= 15 is 0 Å². The highest BCUT2D eigenvalue weighted by Gasteiger charge is 2.13. The number of fused-ring (bicyclic) bond motifs is 1. The summed E-state index contributed by atoms with van der Waals surface area (Å²) in [6, 6.07) is 21.5. The van der Waals surface area contributed by atoms with Crippen molar-refractivity contribution in [3.05, 3.63) is 114 Å². The zero-order valence-corrected chi connectivity index (χ0v) is 20.6. The van der Waals surface area contributed by atoms with Gasteiger partial charge in [0.15, 0.2) is 5.16 Å². The van der Waals surface area contributed by atoms with Gasteiger partial charge in [0.05, 0.1) is 30.9 Å². The molecular formula is C28H25N5O2S. The number of pyridine rings is 2. The minimum atomic E-state index is -0.114. The van der Waals surface area contributed by atoms with Crippen molar-refractivity contribution in [1.82, 2.24) is 24.8 Å². The van der Waals surface area contributed by atoms with Crippen LogP contribution < -0.4 is 10.1 Å².